The monoisotopic (exact) mass is 401 g/mol. The number of morpholine rings is 1. The van der Waals surface area contributed by atoms with Gasteiger partial charge in [-0.1, -0.05) is 11.6 Å². The molecule has 4 N–H and O–H groups in total. The van der Waals surface area contributed by atoms with E-state index in [0.29, 0.717) is 23.0 Å². The topological polar surface area (TPSA) is 79.5 Å². The third-order valence-corrected chi connectivity index (χ3v) is 4.45. The lowest BCUT2D eigenvalue weighted by Gasteiger charge is -2.23. The first kappa shape index (κ1) is 20.7. The Morgan fingerprint density at radius 1 is 1.46 bits per heavy atom. The first-order valence-corrected chi connectivity index (χ1v) is 9.52. The van der Waals surface area contributed by atoms with Gasteiger partial charge in [-0.15, -0.1) is 0 Å². The van der Waals surface area contributed by atoms with Crippen LogP contribution in [0.4, 0.5) is 0 Å². The van der Waals surface area contributed by atoms with Crippen molar-refractivity contribution in [3.05, 3.63) is 22.7 Å². The van der Waals surface area contributed by atoms with E-state index in [4.69, 9.17) is 33.3 Å². The second-order valence-electron chi connectivity index (χ2n) is 5.87. The Balaban J connectivity index is 1.71. The Bertz CT molecular complexity index is 624. The largest absolute Gasteiger partial charge is 0.503 e. The molecule has 0 aliphatic carbocycles. The summed E-state index contributed by atoms with van der Waals surface area (Å²) in [6.45, 7) is 8.02. The van der Waals surface area contributed by atoms with Crippen molar-refractivity contribution in [1.82, 2.24) is 10.7 Å². The van der Waals surface area contributed by atoms with Crippen LogP contribution in [-0.4, -0.2) is 62.4 Å². The van der Waals surface area contributed by atoms with Crippen molar-refractivity contribution < 1.29 is 19.5 Å². The normalized spacial score (nSPS) is 15.2. The molecule has 2 rings (SSSR count). The maximum Gasteiger partial charge on any atom is 0.186 e. The van der Waals surface area contributed by atoms with Crippen molar-refractivity contribution in [1.29, 1.82) is 0 Å². The number of quaternary nitrogens is 1. The molecule has 0 aromatic heterocycles. The number of phenols is 1. The fourth-order valence-corrected chi connectivity index (χ4v) is 2.96. The number of halogens is 1. The van der Waals surface area contributed by atoms with E-state index in [1.54, 1.807) is 23.2 Å². The first-order valence-electron chi connectivity index (χ1n) is 8.73. The van der Waals surface area contributed by atoms with Gasteiger partial charge in [0.25, 0.3) is 0 Å². The summed E-state index contributed by atoms with van der Waals surface area (Å²) >= 11 is 11.2. The summed E-state index contributed by atoms with van der Waals surface area (Å²) in [5.74, 6) is 0.256. The lowest BCUT2D eigenvalue weighted by atomic mass is 10.2. The summed E-state index contributed by atoms with van der Waals surface area (Å²) < 4.78 is 10.7. The van der Waals surface area contributed by atoms with Gasteiger partial charge in [-0.25, -0.2) is 0 Å². The lowest BCUT2D eigenvalue weighted by Crippen LogP contribution is -3.14. The highest BCUT2D eigenvalue weighted by Crippen LogP contribution is 2.34. The maximum atomic E-state index is 9.82. The second-order valence-corrected chi connectivity index (χ2v) is 6.69. The van der Waals surface area contributed by atoms with Crippen LogP contribution in [0.5, 0.6) is 11.5 Å². The molecule has 1 fully saturated rings. The Hall–Kier alpha value is -1.61. The van der Waals surface area contributed by atoms with Gasteiger partial charge in [0.2, 0.25) is 0 Å². The number of ether oxygens (including phenoxy) is 2. The van der Waals surface area contributed by atoms with Gasteiger partial charge in [0, 0.05) is 13.0 Å². The summed E-state index contributed by atoms with van der Waals surface area (Å²) in [5.41, 5.74) is 3.47. The highest BCUT2D eigenvalue weighted by atomic mass is 35.5. The number of nitrogens with zero attached hydrogens (tertiary/aromatic N) is 1. The fourth-order valence-electron chi connectivity index (χ4n) is 2.59. The number of hydrogen-bond acceptors (Lipinski definition) is 5. The molecule has 1 saturated heterocycles. The molecule has 1 aliphatic rings. The predicted molar refractivity (Wildman–Crippen MR) is 107 cm³/mol. The van der Waals surface area contributed by atoms with Crippen LogP contribution in [0, 0.1) is 0 Å². The second kappa shape index (κ2) is 11.2. The first-order chi connectivity index (χ1) is 12.6. The number of thiocarbonyl (C=S) groups is 1. The minimum Gasteiger partial charge on any atom is -0.503 e. The van der Waals surface area contributed by atoms with E-state index in [1.807, 2.05) is 6.92 Å². The molecular formula is C17H26ClN4O3S+. The van der Waals surface area contributed by atoms with Gasteiger partial charge in [-0.3, -0.25) is 5.43 Å². The molecular weight excluding hydrogens is 376 g/mol. The van der Waals surface area contributed by atoms with E-state index < -0.39 is 0 Å². The van der Waals surface area contributed by atoms with E-state index in [0.717, 1.165) is 45.8 Å². The molecule has 1 heterocycles. The third kappa shape index (κ3) is 6.95. The molecule has 0 radical (unpaired) electrons. The standard InChI is InChI=1S/C17H25ClN4O3S/c1-2-25-15-11-13(10-14(18)16(15)23)12-20-21-17(26)19-4-3-5-22-6-8-24-9-7-22/h10-12,23H,2-9H2,1H3,(H2,19,21,26)/p+1/b20-12+. The van der Waals surface area contributed by atoms with Crippen LogP contribution in [0.3, 0.4) is 0 Å². The molecule has 0 amide bonds. The van der Waals surface area contributed by atoms with Gasteiger partial charge < -0.3 is 24.8 Å². The van der Waals surface area contributed by atoms with E-state index in [-0.39, 0.29) is 10.8 Å². The summed E-state index contributed by atoms with van der Waals surface area (Å²) in [6.07, 6.45) is 2.60. The van der Waals surface area contributed by atoms with E-state index in [1.165, 1.54) is 0 Å². The van der Waals surface area contributed by atoms with Gasteiger partial charge >= 0.3 is 0 Å². The summed E-state index contributed by atoms with van der Waals surface area (Å²) in [7, 11) is 0. The molecule has 1 aromatic carbocycles. The van der Waals surface area contributed by atoms with Gasteiger partial charge in [-0.05, 0) is 36.8 Å². The van der Waals surface area contributed by atoms with Crippen molar-refractivity contribution in [3.63, 3.8) is 0 Å². The minimum absolute atomic E-state index is 0.0711. The Morgan fingerprint density at radius 2 is 2.23 bits per heavy atom. The highest BCUT2D eigenvalue weighted by molar-refractivity contribution is 7.80. The predicted octanol–water partition coefficient (Wildman–Crippen LogP) is 0.548. The minimum atomic E-state index is -0.0711. The van der Waals surface area contributed by atoms with Crippen molar-refractivity contribution >= 4 is 35.1 Å². The number of rotatable bonds is 8. The van der Waals surface area contributed by atoms with E-state index in [2.05, 4.69) is 15.8 Å². The molecule has 0 atom stereocenters. The summed E-state index contributed by atoms with van der Waals surface area (Å²) in [4.78, 5) is 1.57. The van der Waals surface area contributed by atoms with Crippen molar-refractivity contribution in [2.24, 2.45) is 5.10 Å². The Labute approximate surface area is 164 Å². The van der Waals surface area contributed by atoms with Gasteiger partial charge in [0.05, 0.1) is 37.6 Å². The highest BCUT2D eigenvalue weighted by Gasteiger charge is 2.12. The van der Waals surface area contributed by atoms with E-state index >= 15 is 0 Å². The average Bonchev–Trinajstić information content (AvgIpc) is 2.64. The number of phenolic OH excluding ortho intramolecular Hbond substituents is 1. The lowest BCUT2D eigenvalue weighted by molar-refractivity contribution is -0.908. The zero-order valence-corrected chi connectivity index (χ0v) is 16.5. The van der Waals surface area contributed by atoms with Crippen molar-refractivity contribution in [3.8, 4) is 11.5 Å². The molecule has 26 heavy (non-hydrogen) atoms. The molecule has 9 heteroatoms. The zero-order chi connectivity index (χ0) is 18.8. The summed E-state index contributed by atoms with van der Waals surface area (Å²) in [6, 6.07) is 3.27. The van der Waals surface area contributed by atoms with Crippen molar-refractivity contribution in [2.45, 2.75) is 13.3 Å². The molecule has 1 aliphatic heterocycles. The number of nitrogens with one attached hydrogen (secondary N) is 3. The molecule has 0 bridgehead atoms. The fraction of sp³-hybridized carbons (Fsp3) is 0.529. The SMILES string of the molecule is CCOc1cc(/C=N/NC(=S)NCCC[NH+]2CCOCC2)cc(Cl)c1O. The molecule has 144 valence electrons. The van der Waals surface area contributed by atoms with Gasteiger partial charge in [0.15, 0.2) is 16.6 Å². The molecule has 0 saturated carbocycles. The molecule has 7 nitrogen and oxygen atoms in total. The number of benzene rings is 1. The molecule has 1 aromatic rings. The van der Waals surface area contributed by atoms with Crippen molar-refractivity contribution in [2.75, 3.05) is 46.0 Å². The summed E-state index contributed by atoms with van der Waals surface area (Å²) in [5, 5.41) is 17.7. The van der Waals surface area contributed by atoms with E-state index in [9.17, 15) is 5.11 Å². The number of aromatic hydroxyl groups is 1. The third-order valence-electron chi connectivity index (χ3n) is 3.92. The zero-order valence-electron chi connectivity index (χ0n) is 14.9. The number of hydrogen-bond donors (Lipinski definition) is 4. The Morgan fingerprint density at radius 3 is 2.96 bits per heavy atom. The number of hydrazone groups is 1. The smallest absolute Gasteiger partial charge is 0.186 e. The van der Waals surface area contributed by atoms with Crippen LogP contribution >= 0.6 is 23.8 Å². The van der Waals surface area contributed by atoms with Crippen LogP contribution in [0.25, 0.3) is 0 Å². The van der Waals surface area contributed by atoms with Crippen LogP contribution in [0.2, 0.25) is 5.02 Å². The maximum absolute atomic E-state index is 9.82. The Kier molecular flexibility index (Phi) is 8.90. The van der Waals surface area contributed by atoms with Crippen LogP contribution in [-0.2, 0) is 4.74 Å². The van der Waals surface area contributed by atoms with Gasteiger partial charge in [-0.2, -0.15) is 5.10 Å². The van der Waals surface area contributed by atoms with Crippen LogP contribution < -0.4 is 20.4 Å². The van der Waals surface area contributed by atoms with Crippen LogP contribution in [0.1, 0.15) is 18.9 Å². The average molecular weight is 402 g/mol. The molecule has 0 unspecified atom stereocenters. The molecule has 0 spiro atoms. The van der Waals surface area contributed by atoms with Crippen LogP contribution in [0.15, 0.2) is 17.2 Å². The quantitative estimate of drug-likeness (QED) is 0.220. The van der Waals surface area contributed by atoms with Gasteiger partial charge in [0.1, 0.15) is 13.1 Å².